The molecule has 7 nitrogen and oxygen atoms in total. The molecular weight excluding hydrogens is 378 g/mol. The summed E-state index contributed by atoms with van der Waals surface area (Å²) in [5, 5.41) is 15.0. The number of thioether (sulfide) groups is 1. The highest BCUT2D eigenvalue weighted by Crippen LogP contribution is 2.39. The van der Waals surface area contributed by atoms with Gasteiger partial charge in [-0.05, 0) is 38.7 Å². The normalized spacial score (nSPS) is 14.2. The van der Waals surface area contributed by atoms with E-state index < -0.39 is 5.91 Å². The fourth-order valence-corrected chi connectivity index (χ4v) is 5.91. The number of anilines is 2. The first-order valence-electron chi connectivity index (χ1n) is 7.98. The van der Waals surface area contributed by atoms with Gasteiger partial charge >= 0.3 is 0 Å². The van der Waals surface area contributed by atoms with E-state index in [-0.39, 0.29) is 11.2 Å². The number of hydrogen-bond acceptors (Lipinski definition) is 8. The maximum absolute atomic E-state index is 12.5. The van der Waals surface area contributed by atoms with Gasteiger partial charge in [0.25, 0.3) is 5.91 Å². The van der Waals surface area contributed by atoms with Gasteiger partial charge < -0.3 is 16.4 Å². The molecule has 10 heteroatoms. The average molecular weight is 398 g/mol. The standard InChI is InChI=1S/C15H19N5O2S3/c1-3-17-14-19-20-15(25-14)23-7(2)12(22)18-13-10(11(16)21)8-5-4-6-9(8)24-13/h7H,3-6H2,1-2H3,(H2,16,21)(H,17,19)(H,18,22)/t7-/m0/s1. The van der Waals surface area contributed by atoms with Crippen molar-refractivity contribution in [1.82, 2.24) is 10.2 Å². The number of nitrogens with zero attached hydrogens (tertiary/aromatic N) is 2. The Morgan fingerprint density at radius 2 is 2.12 bits per heavy atom. The molecule has 0 unspecified atom stereocenters. The van der Waals surface area contributed by atoms with Gasteiger partial charge in [0.15, 0.2) is 4.34 Å². The fourth-order valence-electron chi connectivity index (χ4n) is 2.65. The van der Waals surface area contributed by atoms with Crippen LogP contribution < -0.4 is 16.4 Å². The predicted octanol–water partition coefficient (Wildman–Crippen LogP) is 2.74. The van der Waals surface area contributed by atoms with Crippen LogP contribution in [0.2, 0.25) is 0 Å². The van der Waals surface area contributed by atoms with Crippen molar-refractivity contribution in [3.63, 3.8) is 0 Å². The van der Waals surface area contributed by atoms with Crippen LogP contribution in [0.5, 0.6) is 0 Å². The molecule has 4 N–H and O–H groups in total. The van der Waals surface area contributed by atoms with Crippen molar-refractivity contribution in [2.45, 2.75) is 42.7 Å². The first-order chi connectivity index (χ1) is 12.0. The van der Waals surface area contributed by atoms with Crippen molar-refractivity contribution in [2.24, 2.45) is 5.73 Å². The van der Waals surface area contributed by atoms with Crippen molar-refractivity contribution in [3.8, 4) is 0 Å². The lowest BCUT2D eigenvalue weighted by atomic mass is 10.1. The van der Waals surface area contributed by atoms with E-state index in [4.69, 9.17) is 5.73 Å². The first-order valence-corrected chi connectivity index (χ1v) is 10.5. The van der Waals surface area contributed by atoms with Crippen LogP contribution in [0.15, 0.2) is 4.34 Å². The van der Waals surface area contributed by atoms with E-state index in [2.05, 4.69) is 20.8 Å². The molecule has 1 aliphatic carbocycles. The van der Waals surface area contributed by atoms with Gasteiger partial charge in [-0.15, -0.1) is 21.5 Å². The number of rotatable bonds is 7. The average Bonchev–Trinajstić information content (AvgIpc) is 3.23. The second kappa shape index (κ2) is 7.71. The molecule has 1 atom stereocenters. The molecule has 0 fully saturated rings. The van der Waals surface area contributed by atoms with Crippen molar-refractivity contribution in [3.05, 3.63) is 16.0 Å². The van der Waals surface area contributed by atoms with Crippen molar-refractivity contribution < 1.29 is 9.59 Å². The number of primary amides is 1. The lowest BCUT2D eigenvalue weighted by Gasteiger charge is -2.10. The topological polar surface area (TPSA) is 110 Å². The van der Waals surface area contributed by atoms with Gasteiger partial charge in [0, 0.05) is 11.4 Å². The quantitative estimate of drug-likeness (QED) is 0.620. The summed E-state index contributed by atoms with van der Waals surface area (Å²) in [6, 6.07) is 0. The number of fused-ring (bicyclic) bond motifs is 1. The third kappa shape index (κ3) is 3.96. The van der Waals surface area contributed by atoms with Gasteiger partial charge in [-0.3, -0.25) is 9.59 Å². The van der Waals surface area contributed by atoms with Gasteiger partial charge in [-0.2, -0.15) is 0 Å². The van der Waals surface area contributed by atoms with Crippen LogP contribution in [-0.4, -0.2) is 33.8 Å². The monoisotopic (exact) mass is 397 g/mol. The van der Waals surface area contributed by atoms with Crippen LogP contribution in [0.3, 0.4) is 0 Å². The van der Waals surface area contributed by atoms with Crippen LogP contribution in [0.1, 0.15) is 41.1 Å². The summed E-state index contributed by atoms with van der Waals surface area (Å²) in [4.78, 5) is 25.5. The van der Waals surface area contributed by atoms with Crippen molar-refractivity contribution in [2.75, 3.05) is 17.2 Å². The molecule has 0 bridgehead atoms. The lowest BCUT2D eigenvalue weighted by molar-refractivity contribution is -0.115. The first kappa shape index (κ1) is 18.2. The molecule has 0 radical (unpaired) electrons. The second-order valence-corrected chi connectivity index (χ2v) is 9.25. The van der Waals surface area contributed by atoms with E-state index in [0.29, 0.717) is 10.6 Å². The molecule has 2 aromatic heterocycles. The number of aryl methyl sites for hydroxylation is 1. The Kier molecular flexibility index (Phi) is 5.60. The summed E-state index contributed by atoms with van der Waals surface area (Å²) in [6.07, 6.45) is 2.83. The highest BCUT2D eigenvalue weighted by Gasteiger charge is 2.27. The zero-order chi connectivity index (χ0) is 18.0. The predicted molar refractivity (Wildman–Crippen MR) is 103 cm³/mol. The Bertz CT molecular complexity index is 801. The van der Waals surface area contributed by atoms with Gasteiger partial charge in [0.1, 0.15) is 5.00 Å². The molecule has 2 aromatic rings. The number of amides is 2. The maximum Gasteiger partial charge on any atom is 0.251 e. The number of aromatic nitrogens is 2. The minimum Gasteiger partial charge on any atom is -0.365 e. The van der Waals surface area contributed by atoms with E-state index in [9.17, 15) is 9.59 Å². The highest BCUT2D eigenvalue weighted by molar-refractivity contribution is 8.02. The number of carbonyl (C=O) groups excluding carboxylic acids is 2. The third-order valence-electron chi connectivity index (χ3n) is 3.79. The smallest absolute Gasteiger partial charge is 0.251 e. The van der Waals surface area contributed by atoms with E-state index in [0.717, 1.165) is 45.7 Å². The summed E-state index contributed by atoms with van der Waals surface area (Å²) in [5.74, 6) is -0.651. The summed E-state index contributed by atoms with van der Waals surface area (Å²) < 4.78 is 0.724. The van der Waals surface area contributed by atoms with Crippen LogP contribution in [-0.2, 0) is 17.6 Å². The highest BCUT2D eigenvalue weighted by atomic mass is 32.2. The SMILES string of the molecule is CCNc1nnc(S[C@@H](C)C(=O)Nc2sc3c(c2C(N)=O)CCC3)s1. The molecule has 134 valence electrons. The van der Waals surface area contributed by atoms with E-state index in [1.807, 2.05) is 6.92 Å². The minimum absolute atomic E-state index is 0.173. The number of hydrogen-bond donors (Lipinski definition) is 3. The second-order valence-electron chi connectivity index (χ2n) is 5.58. The molecule has 2 amide bonds. The summed E-state index contributed by atoms with van der Waals surface area (Å²) in [5.41, 5.74) is 7.01. The van der Waals surface area contributed by atoms with Gasteiger partial charge in [0.05, 0.1) is 10.8 Å². The molecule has 1 aliphatic rings. The Balaban J connectivity index is 1.68. The zero-order valence-electron chi connectivity index (χ0n) is 13.9. The molecule has 0 aliphatic heterocycles. The van der Waals surface area contributed by atoms with Crippen molar-refractivity contribution >= 4 is 56.4 Å². The summed E-state index contributed by atoms with van der Waals surface area (Å²) in [7, 11) is 0. The number of nitrogens with one attached hydrogen (secondary N) is 2. The van der Waals surface area contributed by atoms with Gasteiger partial charge in [-0.25, -0.2) is 0 Å². The van der Waals surface area contributed by atoms with Crippen LogP contribution in [0.4, 0.5) is 10.1 Å². The van der Waals surface area contributed by atoms with Crippen molar-refractivity contribution in [1.29, 1.82) is 0 Å². The molecule has 0 saturated heterocycles. The number of thiophene rings is 1. The lowest BCUT2D eigenvalue weighted by Crippen LogP contribution is -2.24. The molecule has 0 spiro atoms. The van der Waals surface area contributed by atoms with Crippen LogP contribution >= 0.6 is 34.4 Å². The minimum atomic E-state index is -0.477. The molecule has 25 heavy (non-hydrogen) atoms. The number of carbonyl (C=O) groups is 2. The van der Waals surface area contributed by atoms with Crippen LogP contribution in [0, 0.1) is 0 Å². The van der Waals surface area contributed by atoms with E-state index in [1.165, 1.54) is 34.4 Å². The Hall–Kier alpha value is -1.65. The molecule has 2 heterocycles. The molecular formula is C15H19N5O2S3. The number of nitrogens with two attached hydrogens (primary N) is 1. The summed E-state index contributed by atoms with van der Waals surface area (Å²) in [6.45, 7) is 4.56. The van der Waals surface area contributed by atoms with E-state index >= 15 is 0 Å². The molecule has 0 aromatic carbocycles. The maximum atomic E-state index is 12.5. The van der Waals surface area contributed by atoms with E-state index in [1.54, 1.807) is 6.92 Å². The van der Waals surface area contributed by atoms with Gasteiger partial charge in [0.2, 0.25) is 11.0 Å². The Labute approximate surface area is 157 Å². The molecule has 3 rings (SSSR count). The van der Waals surface area contributed by atoms with Gasteiger partial charge in [-0.1, -0.05) is 23.1 Å². The largest absolute Gasteiger partial charge is 0.365 e. The zero-order valence-corrected chi connectivity index (χ0v) is 16.4. The molecule has 0 saturated carbocycles. The third-order valence-corrected chi connectivity index (χ3v) is 7.06. The Morgan fingerprint density at radius 3 is 2.84 bits per heavy atom. The summed E-state index contributed by atoms with van der Waals surface area (Å²) >= 11 is 4.22. The Morgan fingerprint density at radius 1 is 1.32 bits per heavy atom. The van der Waals surface area contributed by atoms with Crippen LogP contribution in [0.25, 0.3) is 0 Å². The fraction of sp³-hybridized carbons (Fsp3) is 0.467.